The molecule has 0 aromatic heterocycles. The fourth-order valence-corrected chi connectivity index (χ4v) is 5.07. The number of rotatable bonds is 23. The number of carbonyl (C=O) groups is 1. The number of unbranched alkanes of at least 4 members (excludes halogenated alkanes) is 3. The molecule has 0 unspecified atom stereocenters. The van der Waals surface area contributed by atoms with Gasteiger partial charge in [0.15, 0.2) is 0 Å². The lowest BCUT2D eigenvalue weighted by atomic mass is 9.88. The van der Waals surface area contributed by atoms with Crippen molar-refractivity contribution < 1.29 is 25.2 Å². The summed E-state index contributed by atoms with van der Waals surface area (Å²) in [7, 11) is 0. The van der Waals surface area contributed by atoms with E-state index in [1.807, 2.05) is 24.3 Å². The minimum absolute atomic E-state index is 0.228. The molecular formula is C34H56O5. The summed E-state index contributed by atoms with van der Waals surface area (Å²) in [4.78, 5) is 11.1. The standard InChI is InChI=1S/C34H56O5/c1-4-5-7-16-32(36)23-22-30(21-19-28-12-8-6-9-13-28)31(25-33(37)26-35)15-11-10-14-29(18-17-27(2)3)20-24-34(38)39/h6,8-9,12-13,22-23,27,29,32-33,35-37H,4-5,7,10-11,14-21,24-26H2,1-3H3,(H,38,39)/t29-,32+,33+/m1/s1. The van der Waals surface area contributed by atoms with Crippen LogP contribution in [0.2, 0.25) is 0 Å². The Bertz CT molecular complexity index is 814. The van der Waals surface area contributed by atoms with Gasteiger partial charge in [-0.25, -0.2) is 0 Å². The molecule has 0 saturated carbocycles. The van der Waals surface area contributed by atoms with Crippen LogP contribution < -0.4 is 0 Å². The summed E-state index contributed by atoms with van der Waals surface area (Å²) in [5.41, 5.74) is 3.54. The van der Waals surface area contributed by atoms with Crippen LogP contribution in [-0.4, -0.2) is 45.2 Å². The van der Waals surface area contributed by atoms with Crippen LogP contribution in [0.15, 0.2) is 53.6 Å². The first kappa shape index (κ1) is 35.1. The molecule has 5 heteroatoms. The number of benzene rings is 1. The molecule has 0 bridgehead atoms. The monoisotopic (exact) mass is 544 g/mol. The van der Waals surface area contributed by atoms with Gasteiger partial charge < -0.3 is 20.4 Å². The molecule has 0 aliphatic carbocycles. The van der Waals surface area contributed by atoms with Gasteiger partial charge in [-0.15, -0.1) is 0 Å². The number of hydrogen-bond acceptors (Lipinski definition) is 4. The van der Waals surface area contributed by atoms with Gasteiger partial charge >= 0.3 is 5.97 Å². The lowest BCUT2D eigenvalue weighted by Crippen LogP contribution is -2.14. The van der Waals surface area contributed by atoms with Gasteiger partial charge in [-0.2, -0.15) is 0 Å². The van der Waals surface area contributed by atoms with E-state index in [0.717, 1.165) is 94.6 Å². The largest absolute Gasteiger partial charge is 0.481 e. The topological polar surface area (TPSA) is 98.0 Å². The van der Waals surface area contributed by atoms with Crippen molar-refractivity contribution >= 4 is 5.97 Å². The Morgan fingerprint density at radius 2 is 1.59 bits per heavy atom. The van der Waals surface area contributed by atoms with E-state index in [4.69, 9.17) is 5.11 Å². The van der Waals surface area contributed by atoms with E-state index in [1.54, 1.807) is 0 Å². The summed E-state index contributed by atoms with van der Waals surface area (Å²) in [6, 6.07) is 10.3. The van der Waals surface area contributed by atoms with Crippen LogP contribution in [-0.2, 0) is 11.2 Å². The smallest absolute Gasteiger partial charge is 0.303 e. The van der Waals surface area contributed by atoms with Crippen molar-refractivity contribution in [1.82, 2.24) is 0 Å². The Morgan fingerprint density at radius 3 is 2.23 bits per heavy atom. The number of carboxylic acid groups (broad SMARTS) is 1. The number of carboxylic acids is 1. The van der Waals surface area contributed by atoms with Crippen LogP contribution >= 0.6 is 0 Å². The number of aliphatic hydroxyl groups is 3. The third-order valence-corrected chi connectivity index (χ3v) is 7.56. The van der Waals surface area contributed by atoms with E-state index < -0.39 is 18.2 Å². The van der Waals surface area contributed by atoms with Gasteiger partial charge in [-0.05, 0) is 67.9 Å². The van der Waals surface area contributed by atoms with Gasteiger partial charge in [0.25, 0.3) is 0 Å². The fraction of sp³-hybridized carbons (Fsp3) is 0.676. The highest BCUT2D eigenvalue weighted by Crippen LogP contribution is 2.27. The van der Waals surface area contributed by atoms with E-state index in [1.165, 1.54) is 5.56 Å². The van der Waals surface area contributed by atoms with Crippen molar-refractivity contribution in [2.75, 3.05) is 6.61 Å². The van der Waals surface area contributed by atoms with Crippen LogP contribution in [0, 0.1) is 11.8 Å². The Kier molecular flexibility index (Phi) is 19.6. The molecule has 0 fully saturated rings. The summed E-state index contributed by atoms with van der Waals surface area (Å²) in [6.07, 6.45) is 15.7. The zero-order chi connectivity index (χ0) is 28.9. The second-order valence-electron chi connectivity index (χ2n) is 11.6. The summed E-state index contributed by atoms with van der Waals surface area (Å²) < 4.78 is 0. The van der Waals surface area contributed by atoms with Gasteiger partial charge in [0, 0.05) is 6.42 Å². The zero-order valence-electron chi connectivity index (χ0n) is 24.9. The molecule has 1 rings (SSSR count). The highest BCUT2D eigenvalue weighted by Gasteiger charge is 2.15. The van der Waals surface area contributed by atoms with E-state index in [-0.39, 0.29) is 13.0 Å². The SMILES string of the molecule is CCCCC[C@H](O)C=CC(CCc1ccccc1)=C(CCCC[C@@H](CCC(=O)O)CCC(C)C)C[C@H](O)CO. The molecule has 39 heavy (non-hydrogen) atoms. The van der Waals surface area contributed by atoms with Gasteiger partial charge in [0.2, 0.25) is 0 Å². The Balaban J connectivity index is 2.99. The highest BCUT2D eigenvalue weighted by molar-refractivity contribution is 5.66. The normalized spacial score (nSPS) is 14.9. The molecule has 1 aromatic carbocycles. The lowest BCUT2D eigenvalue weighted by Gasteiger charge is -2.19. The number of aliphatic carboxylic acids is 1. The van der Waals surface area contributed by atoms with Crippen molar-refractivity contribution in [3.05, 3.63) is 59.2 Å². The summed E-state index contributed by atoms with van der Waals surface area (Å²) in [5, 5.41) is 39.6. The van der Waals surface area contributed by atoms with E-state index in [9.17, 15) is 20.1 Å². The first-order chi connectivity index (χ1) is 18.7. The van der Waals surface area contributed by atoms with Gasteiger partial charge in [-0.1, -0.05) is 114 Å². The lowest BCUT2D eigenvalue weighted by molar-refractivity contribution is -0.137. The van der Waals surface area contributed by atoms with Crippen molar-refractivity contribution in [1.29, 1.82) is 0 Å². The first-order valence-corrected chi connectivity index (χ1v) is 15.4. The van der Waals surface area contributed by atoms with E-state index in [0.29, 0.717) is 18.3 Å². The maximum atomic E-state index is 11.1. The molecule has 3 atom stereocenters. The number of aliphatic hydroxyl groups excluding tert-OH is 3. The molecule has 0 aliphatic rings. The molecule has 1 aromatic rings. The molecule has 0 amide bonds. The van der Waals surface area contributed by atoms with Crippen molar-refractivity contribution in [2.24, 2.45) is 11.8 Å². The van der Waals surface area contributed by atoms with Gasteiger partial charge in [-0.3, -0.25) is 4.79 Å². The van der Waals surface area contributed by atoms with Crippen molar-refractivity contribution in [2.45, 2.75) is 129 Å². The zero-order valence-corrected chi connectivity index (χ0v) is 24.9. The predicted octanol–water partition coefficient (Wildman–Crippen LogP) is 7.63. The molecule has 4 N–H and O–H groups in total. The molecule has 0 spiro atoms. The van der Waals surface area contributed by atoms with Crippen LogP contribution in [0.3, 0.4) is 0 Å². The van der Waals surface area contributed by atoms with Crippen LogP contribution in [0.1, 0.15) is 116 Å². The van der Waals surface area contributed by atoms with Gasteiger partial charge in [0.05, 0.1) is 18.8 Å². The molecule has 0 saturated heterocycles. The highest BCUT2D eigenvalue weighted by atomic mass is 16.4. The van der Waals surface area contributed by atoms with Crippen molar-refractivity contribution in [3.8, 4) is 0 Å². The van der Waals surface area contributed by atoms with E-state index >= 15 is 0 Å². The number of hydrogen-bond donors (Lipinski definition) is 4. The van der Waals surface area contributed by atoms with Crippen LogP contribution in [0.4, 0.5) is 0 Å². The minimum Gasteiger partial charge on any atom is -0.481 e. The first-order valence-electron chi connectivity index (χ1n) is 15.4. The molecule has 5 nitrogen and oxygen atoms in total. The van der Waals surface area contributed by atoms with Gasteiger partial charge in [0.1, 0.15) is 0 Å². The maximum absolute atomic E-state index is 11.1. The molecular weight excluding hydrogens is 488 g/mol. The summed E-state index contributed by atoms with van der Waals surface area (Å²) >= 11 is 0. The predicted molar refractivity (Wildman–Crippen MR) is 162 cm³/mol. The fourth-order valence-electron chi connectivity index (χ4n) is 5.07. The summed E-state index contributed by atoms with van der Waals surface area (Å²) in [5.74, 6) is 0.317. The average molecular weight is 545 g/mol. The minimum atomic E-state index is -0.802. The third kappa shape index (κ3) is 18.1. The molecule has 0 radical (unpaired) electrons. The maximum Gasteiger partial charge on any atom is 0.303 e. The Labute approximate surface area is 238 Å². The second-order valence-corrected chi connectivity index (χ2v) is 11.6. The van der Waals surface area contributed by atoms with Crippen LogP contribution in [0.25, 0.3) is 0 Å². The number of aryl methyl sites for hydroxylation is 1. The Hall–Kier alpha value is -1.95. The molecule has 0 heterocycles. The third-order valence-electron chi connectivity index (χ3n) is 7.56. The number of allylic oxidation sites excluding steroid dienone is 2. The summed E-state index contributed by atoms with van der Waals surface area (Å²) in [6.45, 7) is 6.31. The average Bonchev–Trinajstić information content (AvgIpc) is 2.91. The second kappa shape index (κ2) is 21.8. The quantitative estimate of drug-likeness (QED) is 0.0838. The molecule has 0 aliphatic heterocycles. The Morgan fingerprint density at radius 1 is 0.872 bits per heavy atom. The molecule has 222 valence electrons. The van der Waals surface area contributed by atoms with Crippen molar-refractivity contribution in [3.63, 3.8) is 0 Å². The van der Waals surface area contributed by atoms with E-state index in [2.05, 4.69) is 39.0 Å². The van der Waals surface area contributed by atoms with Crippen LogP contribution in [0.5, 0.6) is 0 Å².